The number of hydrogen-bond donors (Lipinski definition) is 1. The zero-order valence-corrected chi connectivity index (χ0v) is 14.0. The number of methoxy groups -OCH3 is 2. The average Bonchev–Trinajstić information content (AvgIpc) is 2.56. The number of rotatable bonds is 9. The van der Waals surface area contributed by atoms with Crippen molar-refractivity contribution >= 4 is 16.9 Å². The minimum absolute atomic E-state index is 0.142. The zero-order valence-electron chi connectivity index (χ0n) is 14.0. The Morgan fingerprint density at radius 2 is 1.83 bits per heavy atom. The highest BCUT2D eigenvalue weighted by Crippen LogP contribution is 2.29. The number of aliphatic carboxylic acids is 1. The molecule has 24 heavy (non-hydrogen) atoms. The van der Waals surface area contributed by atoms with Gasteiger partial charge < -0.3 is 19.0 Å². The van der Waals surface area contributed by atoms with E-state index < -0.39 is 5.97 Å². The molecule has 0 radical (unpaired) electrons. The van der Waals surface area contributed by atoms with E-state index in [9.17, 15) is 9.59 Å². The van der Waals surface area contributed by atoms with Gasteiger partial charge in [-0.25, -0.2) is 0 Å². The Morgan fingerprint density at radius 1 is 1.08 bits per heavy atom. The van der Waals surface area contributed by atoms with Crippen molar-refractivity contribution in [1.29, 1.82) is 0 Å². The van der Waals surface area contributed by atoms with Crippen LogP contribution < -0.4 is 14.9 Å². The molecule has 0 atom stereocenters. The summed E-state index contributed by atoms with van der Waals surface area (Å²) in [6.45, 7) is 0. The van der Waals surface area contributed by atoms with Crippen LogP contribution >= 0.6 is 0 Å². The van der Waals surface area contributed by atoms with Gasteiger partial charge in [-0.3, -0.25) is 9.59 Å². The van der Waals surface area contributed by atoms with Crippen LogP contribution in [0.4, 0.5) is 0 Å². The summed E-state index contributed by atoms with van der Waals surface area (Å²) in [6.07, 6.45) is 4.10. The molecule has 2 rings (SSSR count). The first-order valence-corrected chi connectivity index (χ1v) is 7.95. The second kappa shape index (κ2) is 8.38. The van der Waals surface area contributed by atoms with Crippen molar-refractivity contribution < 1.29 is 23.8 Å². The molecule has 1 N–H and O–H groups in total. The maximum Gasteiger partial charge on any atom is 0.303 e. The summed E-state index contributed by atoms with van der Waals surface area (Å²) in [5.41, 5.74) is 0.302. The summed E-state index contributed by atoms with van der Waals surface area (Å²) in [5, 5.41) is 9.00. The van der Waals surface area contributed by atoms with Gasteiger partial charge in [0.1, 0.15) is 28.2 Å². The molecule has 0 saturated carbocycles. The van der Waals surface area contributed by atoms with Gasteiger partial charge in [-0.1, -0.05) is 12.8 Å². The number of fused-ring (bicyclic) bond motifs is 1. The molecular formula is C18H22O6. The summed E-state index contributed by atoms with van der Waals surface area (Å²) in [5.74, 6) is 0.839. The molecular weight excluding hydrogens is 312 g/mol. The van der Waals surface area contributed by atoms with E-state index in [4.69, 9.17) is 19.0 Å². The number of hydrogen-bond acceptors (Lipinski definition) is 5. The molecule has 0 bridgehead atoms. The molecule has 0 amide bonds. The Kier molecular flexibility index (Phi) is 6.23. The fourth-order valence-electron chi connectivity index (χ4n) is 2.61. The molecule has 2 aromatic rings. The van der Waals surface area contributed by atoms with Gasteiger partial charge in [0.2, 0.25) is 0 Å². The van der Waals surface area contributed by atoms with Crippen LogP contribution in [0.25, 0.3) is 11.0 Å². The summed E-state index contributed by atoms with van der Waals surface area (Å²) < 4.78 is 16.3. The van der Waals surface area contributed by atoms with Crippen LogP contribution in [0.15, 0.2) is 27.4 Å². The van der Waals surface area contributed by atoms with Crippen LogP contribution in [0.5, 0.6) is 11.5 Å². The van der Waals surface area contributed by atoms with Crippen LogP contribution in [0.3, 0.4) is 0 Å². The third-order valence-electron chi connectivity index (χ3n) is 3.84. The Bertz CT molecular complexity index is 762. The summed E-state index contributed by atoms with van der Waals surface area (Å²) in [6, 6.07) is 4.82. The second-order valence-electron chi connectivity index (χ2n) is 5.59. The predicted octanol–water partition coefficient (Wildman–Crippen LogP) is 3.39. The number of carboxylic acids is 1. The number of carboxylic acid groups (broad SMARTS) is 1. The normalized spacial score (nSPS) is 10.8. The van der Waals surface area contributed by atoms with Gasteiger partial charge in [0.25, 0.3) is 0 Å². The van der Waals surface area contributed by atoms with Crippen LogP contribution in [0.2, 0.25) is 0 Å². The second-order valence-corrected chi connectivity index (χ2v) is 5.59. The lowest BCUT2D eigenvalue weighted by molar-refractivity contribution is -0.137. The third-order valence-corrected chi connectivity index (χ3v) is 3.84. The van der Waals surface area contributed by atoms with Crippen LogP contribution in [-0.2, 0) is 11.2 Å². The van der Waals surface area contributed by atoms with Crippen molar-refractivity contribution in [2.75, 3.05) is 14.2 Å². The summed E-state index contributed by atoms with van der Waals surface area (Å²) in [7, 11) is 3.04. The first-order chi connectivity index (χ1) is 11.5. The lowest BCUT2D eigenvalue weighted by Crippen LogP contribution is -2.05. The Morgan fingerprint density at radius 3 is 2.50 bits per heavy atom. The molecule has 6 nitrogen and oxygen atoms in total. The highest BCUT2D eigenvalue weighted by atomic mass is 16.5. The minimum atomic E-state index is -0.765. The van der Waals surface area contributed by atoms with Gasteiger partial charge in [-0.05, 0) is 12.8 Å². The number of benzene rings is 1. The zero-order chi connectivity index (χ0) is 17.5. The highest BCUT2D eigenvalue weighted by molar-refractivity contribution is 5.85. The maximum absolute atomic E-state index is 12.3. The summed E-state index contributed by atoms with van der Waals surface area (Å²) in [4.78, 5) is 22.8. The van der Waals surface area contributed by atoms with Gasteiger partial charge in [0.05, 0.1) is 14.2 Å². The van der Waals surface area contributed by atoms with Gasteiger partial charge >= 0.3 is 5.97 Å². The molecule has 0 aliphatic carbocycles. The molecule has 6 heteroatoms. The summed E-state index contributed by atoms with van der Waals surface area (Å²) >= 11 is 0. The molecule has 0 spiro atoms. The van der Waals surface area contributed by atoms with Crippen molar-refractivity contribution in [3.8, 4) is 11.5 Å². The van der Waals surface area contributed by atoms with Gasteiger partial charge in [-0.2, -0.15) is 0 Å². The van der Waals surface area contributed by atoms with Gasteiger partial charge in [-0.15, -0.1) is 0 Å². The van der Waals surface area contributed by atoms with Crippen molar-refractivity contribution in [1.82, 2.24) is 0 Å². The van der Waals surface area contributed by atoms with E-state index in [0.717, 1.165) is 19.3 Å². The van der Waals surface area contributed by atoms with E-state index in [1.54, 1.807) is 19.2 Å². The Labute approximate surface area is 140 Å². The average molecular weight is 334 g/mol. The largest absolute Gasteiger partial charge is 0.496 e. The highest BCUT2D eigenvalue weighted by Gasteiger charge is 2.12. The van der Waals surface area contributed by atoms with Crippen LogP contribution in [-0.4, -0.2) is 25.3 Å². The molecule has 0 aliphatic rings. The first kappa shape index (κ1) is 17.8. The third kappa shape index (κ3) is 4.50. The minimum Gasteiger partial charge on any atom is -0.496 e. The SMILES string of the molecule is COc1cc(OC)c2c(=O)cc(CCCCCCC(=O)O)oc2c1. The molecule has 130 valence electrons. The van der Waals surface area contributed by atoms with Crippen LogP contribution in [0.1, 0.15) is 37.9 Å². The number of carbonyl (C=O) groups is 1. The monoisotopic (exact) mass is 334 g/mol. The number of ether oxygens (including phenoxy) is 2. The van der Waals surface area contributed by atoms with Gasteiger partial charge in [0, 0.05) is 31.0 Å². The lowest BCUT2D eigenvalue weighted by Gasteiger charge is -2.09. The van der Waals surface area contributed by atoms with E-state index in [2.05, 4.69) is 0 Å². The Balaban J connectivity index is 2.09. The van der Waals surface area contributed by atoms with E-state index in [-0.39, 0.29) is 11.8 Å². The fourth-order valence-corrected chi connectivity index (χ4v) is 2.61. The van der Waals surface area contributed by atoms with E-state index >= 15 is 0 Å². The topological polar surface area (TPSA) is 86.0 Å². The van der Waals surface area contributed by atoms with E-state index in [0.29, 0.717) is 41.1 Å². The number of unbranched alkanes of at least 4 members (excludes halogenated alkanes) is 3. The molecule has 0 unspecified atom stereocenters. The predicted molar refractivity (Wildman–Crippen MR) is 90.0 cm³/mol. The molecule has 0 fully saturated rings. The number of aryl methyl sites for hydroxylation is 1. The molecule has 1 aromatic heterocycles. The first-order valence-electron chi connectivity index (χ1n) is 7.95. The lowest BCUT2D eigenvalue weighted by atomic mass is 10.1. The van der Waals surface area contributed by atoms with E-state index in [1.165, 1.54) is 13.2 Å². The van der Waals surface area contributed by atoms with Crippen molar-refractivity contribution in [2.24, 2.45) is 0 Å². The van der Waals surface area contributed by atoms with E-state index in [1.807, 2.05) is 0 Å². The fraction of sp³-hybridized carbons (Fsp3) is 0.444. The maximum atomic E-state index is 12.3. The van der Waals surface area contributed by atoms with Gasteiger partial charge in [0.15, 0.2) is 5.43 Å². The standard InChI is InChI=1S/C18H22O6/c1-22-13-10-15(23-2)18-14(19)9-12(24-16(18)11-13)7-5-3-4-6-8-17(20)21/h9-11H,3-8H2,1-2H3,(H,20,21). The smallest absolute Gasteiger partial charge is 0.303 e. The van der Waals surface area contributed by atoms with Crippen molar-refractivity contribution in [3.63, 3.8) is 0 Å². The Hall–Kier alpha value is -2.50. The van der Waals surface area contributed by atoms with Crippen molar-refractivity contribution in [3.05, 3.63) is 34.2 Å². The molecule has 1 heterocycles. The molecule has 1 aromatic carbocycles. The van der Waals surface area contributed by atoms with Crippen LogP contribution in [0, 0.1) is 0 Å². The molecule has 0 aliphatic heterocycles. The van der Waals surface area contributed by atoms with Crippen molar-refractivity contribution in [2.45, 2.75) is 38.5 Å². The quantitative estimate of drug-likeness (QED) is 0.707. The molecule has 0 saturated heterocycles.